The summed E-state index contributed by atoms with van der Waals surface area (Å²) in [7, 11) is 0. The number of nitrogens with one attached hydrogen (secondary N) is 2. The lowest BCUT2D eigenvalue weighted by Crippen LogP contribution is -2.48. The average Bonchev–Trinajstić information content (AvgIpc) is 3.40. The third-order valence-corrected chi connectivity index (χ3v) is 7.63. The van der Waals surface area contributed by atoms with Gasteiger partial charge in [-0.05, 0) is 65.7 Å². The van der Waals surface area contributed by atoms with Crippen LogP contribution in [0.15, 0.2) is 48.5 Å². The molecule has 0 aliphatic heterocycles. The van der Waals surface area contributed by atoms with Gasteiger partial charge in [-0.15, -0.1) is 0 Å². The maximum absolute atomic E-state index is 12.8. The van der Waals surface area contributed by atoms with Gasteiger partial charge in [0.1, 0.15) is 12.6 Å². The highest BCUT2D eigenvalue weighted by Crippen LogP contribution is 2.55. The molecule has 4 atom stereocenters. The van der Waals surface area contributed by atoms with Gasteiger partial charge in [0.05, 0.1) is 0 Å². The Morgan fingerprint density at radius 2 is 1.68 bits per heavy atom. The number of carboxylic acids is 1. The number of hydrogen-bond acceptors (Lipinski definition) is 4. The Bertz CT molecular complexity index is 1050. The van der Waals surface area contributed by atoms with Crippen LogP contribution in [0.4, 0.5) is 4.79 Å². The molecule has 3 N–H and O–H groups in total. The van der Waals surface area contributed by atoms with Crippen molar-refractivity contribution in [3.05, 3.63) is 59.7 Å². The number of aliphatic carboxylic acids is 1. The molecule has 34 heavy (non-hydrogen) atoms. The quantitative estimate of drug-likeness (QED) is 0.524. The normalized spacial score (nSPS) is 22.8. The maximum atomic E-state index is 12.8. The number of hydrogen-bond donors (Lipinski definition) is 3. The summed E-state index contributed by atoms with van der Waals surface area (Å²) in [5.74, 6) is 0.584. The van der Waals surface area contributed by atoms with E-state index >= 15 is 0 Å². The average molecular weight is 463 g/mol. The molecule has 0 spiro atoms. The highest BCUT2D eigenvalue weighted by atomic mass is 16.5. The largest absolute Gasteiger partial charge is 0.481 e. The minimum absolute atomic E-state index is 0.0160. The standard InChI is InChI=1S/C27H30N2O5/c30-25(31)12-11-24(26(32)28-14-17-10-9-16-13-22(16)17)29-27(33)34-15-23-20-7-3-1-5-18(20)19-6-2-4-8-21(19)23/h1-8,16-17,22-24H,9-15H2,(H,28,32)(H,29,33)(H,30,31). The Kier molecular flexibility index (Phi) is 6.26. The lowest BCUT2D eigenvalue weighted by molar-refractivity contribution is -0.137. The summed E-state index contributed by atoms with van der Waals surface area (Å²) >= 11 is 0. The first-order valence-electron chi connectivity index (χ1n) is 12.1. The monoisotopic (exact) mass is 462 g/mol. The van der Waals surface area contributed by atoms with Crippen LogP contribution in [0, 0.1) is 17.8 Å². The van der Waals surface area contributed by atoms with Gasteiger partial charge in [-0.2, -0.15) is 0 Å². The number of alkyl carbamates (subject to hydrolysis) is 1. The smallest absolute Gasteiger partial charge is 0.407 e. The number of carbonyl (C=O) groups excluding carboxylic acids is 2. The molecule has 5 rings (SSSR count). The first-order valence-corrected chi connectivity index (χ1v) is 12.1. The van der Waals surface area contributed by atoms with E-state index in [0.29, 0.717) is 18.4 Å². The highest BCUT2D eigenvalue weighted by Gasteiger charge is 2.47. The van der Waals surface area contributed by atoms with Crippen LogP contribution in [0.25, 0.3) is 11.1 Å². The van der Waals surface area contributed by atoms with E-state index in [4.69, 9.17) is 9.84 Å². The van der Waals surface area contributed by atoms with Crippen LogP contribution in [0.3, 0.4) is 0 Å². The van der Waals surface area contributed by atoms with E-state index < -0.39 is 18.1 Å². The molecule has 7 nitrogen and oxygen atoms in total. The molecule has 0 radical (unpaired) electrons. The van der Waals surface area contributed by atoms with Crippen molar-refractivity contribution in [3.8, 4) is 11.1 Å². The summed E-state index contributed by atoms with van der Waals surface area (Å²) < 4.78 is 5.55. The van der Waals surface area contributed by atoms with Gasteiger partial charge in [0.15, 0.2) is 0 Å². The number of carbonyl (C=O) groups is 3. The van der Waals surface area contributed by atoms with E-state index in [9.17, 15) is 14.4 Å². The predicted molar refractivity (Wildman–Crippen MR) is 126 cm³/mol. The van der Waals surface area contributed by atoms with Crippen molar-refractivity contribution in [2.75, 3.05) is 13.2 Å². The number of amides is 2. The second-order valence-electron chi connectivity index (χ2n) is 9.70. The Morgan fingerprint density at radius 3 is 2.26 bits per heavy atom. The fraction of sp³-hybridized carbons (Fsp3) is 0.444. The van der Waals surface area contributed by atoms with Gasteiger partial charge in [-0.1, -0.05) is 48.5 Å². The lowest BCUT2D eigenvalue weighted by Gasteiger charge is -2.20. The van der Waals surface area contributed by atoms with Crippen LogP contribution < -0.4 is 10.6 Å². The third kappa shape index (κ3) is 4.65. The Hall–Kier alpha value is -3.35. The molecule has 3 aliphatic carbocycles. The van der Waals surface area contributed by atoms with Crippen LogP contribution >= 0.6 is 0 Å². The van der Waals surface area contributed by atoms with Gasteiger partial charge in [0.2, 0.25) is 5.91 Å². The number of rotatable bonds is 9. The van der Waals surface area contributed by atoms with Crippen LogP contribution in [0.5, 0.6) is 0 Å². The van der Waals surface area contributed by atoms with Crippen molar-refractivity contribution in [1.82, 2.24) is 10.6 Å². The zero-order valence-corrected chi connectivity index (χ0v) is 19.0. The summed E-state index contributed by atoms with van der Waals surface area (Å²) in [6.45, 7) is 0.716. The fourth-order valence-corrected chi connectivity index (χ4v) is 5.75. The second kappa shape index (κ2) is 9.49. The molecule has 0 aromatic heterocycles. The Labute approximate surface area is 198 Å². The molecule has 2 amide bonds. The first-order chi connectivity index (χ1) is 16.5. The molecule has 178 valence electrons. The van der Waals surface area contributed by atoms with E-state index in [-0.39, 0.29) is 31.3 Å². The maximum Gasteiger partial charge on any atom is 0.407 e. The van der Waals surface area contributed by atoms with E-state index in [1.54, 1.807) is 0 Å². The molecule has 4 unspecified atom stereocenters. The van der Waals surface area contributed by atoms with Crippen molar-refractivity contribution in [2.45, 2.75) is 44.1 Å². The summed E-state index contributed by atoms with van der Waals surface area (Å²) in [4.78, 5) is 36.5. The van der Waals surface area contributed by atoms with Gasteiger partial charge in [0.25, 0.3) is 0 Å². The summed E-state index contributed by atoms with van der Waals surface area (Å²) in [6.07, 6.45) is 2.69. The van der Waals surface area contributed by atoms with E-state index in [1.807, 2.05) is 36.4 Å². The zero-order chi connectivity index (χ0) is 23.7. The van der Waals surface area contributed by atoms with Gasteiger partial charge in [0, 0.05) is 18.9 Å². The highest BCUT2D eigenvalue weighted by molar-refractivity contribution is 5.86. The topological polar surface area (TPSA) is 105 Å². The van der Waals surface area contributed by atoms with Crippen LogP contribution in [-0.2, 0) is 14.3 Å². The SMILES string of the molecule is O=C(O)CCC(NC(=O)OCC1c2ccccc2-c2ccccc21)C(=O)NCC1CCC2CC12. The van der Waals surface area contributed by atoms with Gasteiger partial charge < -0.3 is 20.5 Å². The molecule has 0 heterocycles. The number of benzene rings is 2. The minimum Gasteiger partial charge on any atom is -0.481 e. The number of ether oxygens (including phenoxy) is 1. The number of carboxylic acid groups (broad SMARTS) is 1. The first kappa shape index (κ1) is 22.4. The van der Waals surface area contributed by atoms with E-state index in [0.717, 1.165) is 34.6 Å². The molecule has 0 saturated heterocycles. The zero-order valence-electron chi connectivity index (χ0n) is 19.0. The summed E-state index contributed by atoms with van der Waals surface area (Å²) in [6, 6.07) is 15.2. The van der Waals surface area contributed by atoms with Crippen molar-refractivity contribution >= 4 is 18.0 Å². The molecule has 3 aliphatic rings. The predicted octanol–water partition coefficient (Wildman–Crippen LogP) is 3.92. The summed E-state index contributed by atoms with van der Waals surface area (Å²) in [5.41, 5.74) is 4.48. The molecule has 2 aromatic carbocycles. The van der Waals surface area contributed by atoms with Crippen LogP contribution in [0.1, 0.15) is 49.1 Å². The van der Waals surface area contributed by atoms with E-state index in [2.05, 4.69) is 22.8 Å². The molecule has 7 heteroatoms. The summed E-state index contributed by atoms with van der Waals surface area (Å²) in [5, 5.41) is 14.6. The minimum atomic E-state index is -1.01. The van der Waals surface area contributed by atoms with Gasteiger partial charge in [-0.25, -0.2) is 4.79 Å². The molecular formula is C27H30N2O5. The third-order valence-electron chi connectivity index (χ3n) is 7.63. The lowest BCUT2D eigenvalue weighted by atomic mass is 9.98. The van der Waals surface area contributed by atoms with Crippen molar-refractivity contribution in [3.63, 3.8) is 0 Å². The Balaban J connectivity index is 1.19. The molecule has 2 aromatic rings. The van der Waals surface area contributed by atoms with Gasteiger partial charge in [-0.3, -0.25) is 9.59 Å². The Morgan fingerprint density at radius 1 is 1.00 bits per heavy atom. The molecular weight excluding hydrogens is 432 g/mol. The number of fused-ring (bicyclic) bond motifs is 4. The van der Waals surface area contributed by atoms with Gasteiger partial charge >= 0.3 is 12.1 Å². The van der Waals surface area contributed by atoms with Crippen molar-refractivity contribution in [1.29, 1.82) is 0 Å². The molecule has 2 fully saturated rings. The van der Waals surface area contributed by atoms with Crippen molar-refractivity contribution < 1.29 is 24.2 Å². The molecule has 2 saturated carbocycles. The van der Waals surface area contributed by atoms with Crippen LogP contribution in [0.2, 0.25) is 0 Å². The van der Waals surface area contributed by atoms with Crippen molar-refractivity contribution in [2.24, 2.45) is 17.8 Å². The second-order valence-corrected chi connectivity index (χ2v) is 9.70. The van der Waals surface area contributed by atoms with E-state index in [1.165, 1.54) is 12.8 Å². The van der Waals surface area contributed by atoms with Crippen LogP contribution in [-0.4, -0.2) is 42.3 Å². The molecule has 0 bridgehead atoms. The fourth-order valence-electron chi connectivity index (χ4n) is 5.75.